The molecule has 2 aromatic rings. The number of rotatable bonds is 2. The molecule has 1 aromatic carbocycles. The van der Waals surface area contributed by atoms with Crippen molar-refractivity contribution >= 4 is 23.1 Å². The van der Waals surface area contributed by atoms with E-state index >= 15 is 0 Å². The minimum atomic E-state index is 0.576. The van der Waals surface area contributed by atoms with Gasteiger partial charge in [-0.05, 0) is 61.9 Å². The number of hydrogen-bond donors (Lipinski definition) is 1. The van der Waals surface area contributed by atoms with Crippen molar-refractivity contribution in [2.45, 2.75) is 32.6 Å². The van der Waals surface area contributed by atoms with E-state index in [2.05, 4.69) is 16.4 Å². The van der Waals surface area contributed by atoms with Gasteiger partial charge in [-0.3, -0.25) is 0 Å². The Kier molecular flexibility index (Phi) is 3.81. The van der Waals surface area contributed by atoms with Crippen LogP contribution in [0.1, 0.15) is 35.2 Å². The summed E-state index contributed by atoms with van der Waals surface area (Å²) in [5.41, 5.74) is 4.77. The minimum Gasteiger partial charge on any atom is -0.338 e. The highest BCUT2D eigenvalue weighted by molar-refractivity contribution is 6.33. The van der Waals surface area contributed by atoms with Crippen LogP contribution in [0.2, 0.25) is 5.02 Å². The number of fused-ring (bicyclic) bond motifs is 1. The third-order valence-corrected chi connectivity index (χ3v) is 4.11. The monoisotopic (exact) mass is 297 g/mol. The predicted octanol–water partition coefficient (Wildman–Crippen LogP) is 4.54. The summed E-state index contributed by atoms with van der Waals surface area (Å²) in [6.45, 7) is 1.99. The van der Waals surface area contributed by atoms with Crippen LogP contribution in [-0.4, -0.2) is 4.98 Å². The Morgan fingerprint density at radius 2 is 2.05 bits per heavy atom. The predicted molar refractivity (Wildman–Crippen MR) is 85.1 cm³/mol. The normalized spacial score (nSPS) is 13.4. The first-order chi connectivity index (χ1) is 10.2. The molecule has 1 heterocycles. The maximum Gasteiger partial charge on any atom is 0.148 e. The van der Waals surface area contributed by atoms with Crippen molar-refractivity contribution < 1.29 is 0 Å². The third-order valence-electron chi connectivity index (χ3n) is 3.80. The molecule has 0 saturated heterocycles. The SMILES string of the molecule is Cc1ccc(Nc2nc3c(cc2C#N)CCCC3)c(Cl)c1. The fraction of sp³-hybridized carbons (Fsp3) is 0.294. The lowest BCUT2D eigenvalue weighted by atomic mass is 9.95. The van der Waals surface area contributed by atoms with Crippen LogP contribution in [0.4, 0.5) is 11.5 Å². The summed E-state index contributed by atoms with van der Waals surface area (Å²) in [5.74, 6) is 0.601. The molecule has 0 atom stereocenters. The van der Waals surface area contributed by atoms with Gasteiger partial charge in [0.1, 0.15) is 11.9 Å². The number of nitriles is 1. The maximum absolute atomic E-state index is 9.35. The van der Waals surface area contributed by atoms with Crippen LogP contribution < -0.4 is 5.32 Å². The smallest absolute Gasteiger partial charge is 0.148 e. The summed E-state index contributed by atoms with van der Waals surface area (Å²) in [4.78, 5) is 4.65. The summed E-state index contributed by atoms with van der Waals surface area (Å²) < 4.78 is 0. The van der Waals surface area contributed by atoms with Gasteiger partial charge in [-0.2, -0.15) is 5.26 Å². The fourth-order valence-electron chi connectivity index (χ4n) is 2.66. The molecule has 0 saturated carbocycles. The van der Waals surface area contributed by atoms with Crippen molar-refractivity contribution in [1.29, 1.82) is 5.26 Å². The van der Waals surface area contributed by atoms with Gasteiger partial charge in [-0.25, -0.2) is 4.98 Å². The van der Waals surface area contributed by atoms with E-state index in [0.717, 1.165) is 36.2 Å². The molecule has 0 fully saturated rings. The number of anilines is 2. The molecule has 1 N–H and O–H groups in total. The molecule has 1 aromatic heterocycles. The Hall–Kier alpha value is -2.05. The first-order valence-corrected chi connectivity index (χ1v) is 7.51. The number of aryl methyl sites for hydroxylation is 3. The lowest BCUT2D eigenvalue weighted by Crippen LogP contribution is -2.09. The second kappa shape index (κ2) is 5.75. The Morgan fingerprint density at radius 1 is 1.24 bits per heavy atom. The molecule has 106 valence electrons. The van der Waals surface area contributed by atoms with E-state index in [-0.39, 0.29) is 0 Å². The largest absolute Gasteiger partial charge is 0.338 e. The van der Waals surface area contributed by atoms with E-state index < -0.39 is 0 Å². The molecule has 1 aliphatic carbocycles. The zero-order valence-corrected chi connectivity index (χ0v) is 12.7. The van der Waals surface area contributed by atoms with Crippen molar-refractivity contribution in [2.75, 3.05) is 5.32 Å². The van der Waals surface area contributed by atoms with Gasteiger partial charge in [0.15, 0.2) is 0 Å². The molecule has 0 amide bonds. The Balaban J connectivity index is 1.99. The van der Waals surface area contributed by atoms with Gasteiger partial charge in [-0.15, -0.1) is 0 Å². The van der Waals surface area contributed by atoms with Gasteiger partial charge in [0, 0.05) is 5.69 Å². The average Bonchev–Trinajstić information content (AvgIpc) is 2.49. The van der Waals surface area contributed by atoms with Crippen molar-refractivity contribution in [3.05, 3.63) is 51.7 Å². The van der Waals surface area contributed by atoms with Crippen LogP contribution >= 0.6 is 11.6 Å². The van der Waals surface area contributed by atoms with Crippen molar-refractivity contribution in [3.63, 3.8) is 0 Å². The van der Waals surface area contributed by atoms with Gasteiger partial charge in [0.05, 0.1) is 16.3 Å². The van der Waals surface area contributed by atoms with Gasteiger partial charge in [0.25, 0.3) is 0 Å². The second-order valence-corrected chi connectivity index (χ2v) is 5.82. The Labute approximate surface area is 129 Å². The molecule has 0 aliphatic heterocycles. The Morgan fingerprint density at radius 3 is 2.81 bits per heavy atom. The van der Waals surface area contributed by atoms with Crippen molar-refractivity contribution in [3.8, 4) is 6.07 Å². The number of nitrogens with zero attached hydrogens (tertiary/aromatic N) is 2. The van der Waals surface area contributed by atoms with Crippen molar-refractivity contribution in [1.82, 2.24) is 4.98 Å². The zero-order valence-electron chi connectivity index (χ0n) is 11.9. The number of hydrogen-bond acceptors (Lipinski definition) is 3. The number of aromatic nitrogens is 1. The highest BCUT2D eigenvalue weighted by Crippen LogP contribution is 2.29. The van der Waals surface area contributed by atoms with E-state index in [4.69, 9.17) is 11.6 Å². The number of benzene rings is 1. The topological polar surface area (TPSA) is 48.7 Å². The van der Waals surface area contributed by atoms with Crippen LogP contribution in [0.25, 0.3) is 0 Å². The van der Waals surface area contributed by atoms with E-state index in [9.17, 15) is 5.26 Å². The summed E-state index contributed by atoms with van der Waals surface area (Å²) >= 11 is 6.25. The van der Waals surface area contributed by atoms with E-state index in [1.807, 2.05) is 31.2 Å². The number of halogens is 1. The minimum absolute atomic E-state index is 0.576. The van der Waals surface area contributed by atoms with Crippen LogP contribution in [0.3, 0.4) is 0 Å². The highest BCUT2D eigenvalue weighted by Gasteiger charge is 2.15. The lowest BCUT2D eigenvalue weighted by Gasteiger charge is -2.17. The van der Waals surface area contributed by atoms with Crippen LogP contribution in [0, 0.1) is 18.3 Å². The first-order valence-electron chi connectivity index (χ1n) is 7.13. The number of pyridine rings is 1. The summed E-state index contributed by atoms with van der Waals surface area (Å²) in [5, 5.41) is 13.2. The molecule has 0 unspecified atom stereocenters. The fourth-order valence-corrected chi connectivity index (χ4v) is 2.95. The molecule has 21 heavy (non-hydrogen) atoms. The zero-order chi connectivity index (χ0) is 14.8. The second-order valence-electron chi connectivity index (χ2n) is 5.42. The summed E-state index contributed by atoms with van der Waals surface area (Å²) in [7, 11) is 0. The lowest BCUT2D eigenvalue weighted by molar-refractivity contribution is 0.668. The summed E-state index contributed by atoms with van der Waals surface area (Å²) in [6.07, 6.45) is 4.34. The molecule has 1 aliphatic rings. The van der Waals surface area contributed by atoms with Crippen LogP contribution in [0.15, 0.2) is 24.3 Å². The molecule has 0 radical (unpaired) electrons. The van der Waals surface area contributed by atoms with Gasteiger partial charge in [0.2, 0.25) is 0 Å². The summed E-state index contributed by atoms with van der Waals surface area (Å²) in [6, 6.07) is 9.99. The average molecular weight is 298 g/mol. The molecular weight excluding hydrogens is 282 g/mol. The van der Waals surface area contributed by atoms with Crippen LogP contribution in [0.5, 0.6) is 0 Å². The maximum atomic E-state index is 9.35. The molecule has 0 bridgehead atoms. The molecule has 3 rings (SSSR count). The van der Waals surface area contributed by atoms with E-state index in [1.54, 1.807) is 0 Å². The third kappa shape index (κ3) is 2.86. The Bertz CT molecular complexity index is 732. The van der Waals surface area contributed by atoms with Gasteiger partial charge >= 0.3 is 0 Å². The molecule has 0 spiro atoms. The first kappa shape index (κ1) is 13.9. The molecule has 4 heteroatoms. The van der Waals surface area contributed by atoms with Crippen LogP contribution in [-0.2, 0) is 12.8 Å². The van der Waals surface area contributed by atoms with Crippen molar-refractivity contribution in [2.24, 2.45) is 0 Å². The molecular formula is C17H16ClN3. The van der Waals surface area contributed by atoms with Gasteiger partial charge in [-0.1, -0.05) is 17.7 Å². The van der Waals surface area contributed by atoms with Gasteiger partial charge < -0.3 is 5.32 Å². The van der Waals surface area contributed by atoms with E-state index in [1.165, 1.54) is 12.0 Å². The van der Waals surface area contributed by atoms with E-state index in [0.29, 0.717) is 16.4 Å². The quantitative estimate of drug-likeness (QED) is 0.885. The standard InChI is InChI=1S/C17H16ClN3/c1-11-6-7-16(14(18)8-11)21-17-13(10-19)9-12-4-2-3-5-15(12)20-17/h6-9H,2-5H2,1H3,(H,20,21). The highest BCUT2D eigenvalue weighted by atomic mass is 35.5. The number of nitrogens with one attached hydrogen (secondary N) is 1. The molecule has 3 nitrogen and oxygen atoms in total.